The van der Waals surface area contributed by atoms with E-state index in [1.165, 1.54) is 4.90 Å². The van der Waals surface area contributed by atoms with Gasteiger partial charge >= 0.3 is 6.09 Å². The van der Waals surface area contributed by atoms with E-state index in [2.05, 4.69) is 5.32 Å². The smallest absolute Gasteiger partial charge is 0.408 e. The largest absolute Gasteiger partial charge is 0.445 e. The summed E-state index contributed by atoms with van der Waals surface area (Å²) in [6.07, 6.45) is -0.596. The minimum Gasteiger partial charge on any atom is -0.445 e. The predicted octanol–water partition coefficient (Wildman–Crippen LogP) is 1.39. The molecule has 0 saturated carbocycles. The molecule has 0 unspecified atom stereocenters. The Kier molecular flexibility index (Phi) is 5.17. The summed E-state index contributed by atoms with van der Waals surface area (Å²) in [4.78, 5) is 24.4. The first-order valence-corrected chi connectivity index (χ1v) is 5.69. The van der Waals surface area contributed by atoms with Gasteiger partial charge in [-0.15, -0.1) is 0 Å². The standard InChI is InChI=1S/C13H18N2O3/c1-10(12(16)15(2)3)14-13(17)18-9-11-7-5-4-6-8-11/h4-8,10H,9H2,1-3H3,(H,14,17)/t10-/m1/s1. The highest BCUT2D eigenvalue weighted by Crippen LogP contribution is 2.00. The maximum absolute atomic E-state index is 11.5. The predicted molar refractivity (Wildman–Crippen MR) is 67.9 cm³/mol. The van der Waals surface area contributed by atoms with Gasteiger partial charge in [-0.3, -0.25) is 4.79 Å². The second kappa shape index (κ2) is 6.64. The Bertz CT molecular complexity index is 404. The molecule has 1 aromatic carbocycles. The number of likely N-dealkylation sites (N-methyl/N-ethyl adjacent to an activating group) is 1. The highest BCUT2D eigenvalue weighted by molar-refractivity contribution is 5.84. The molecule has 1 aromatic rings. The molecule has 2 amide bonds. The number of benzene rings is 1. The van der Waals surface area contributed by atoms with Crippen LogP contribution in [0, 0.1) is 0 Å². The molecule has 98 valence electrons. The maximum atomic E-state index is 11.5. The van der Waals surface area contributed by atoms with Crippen LogP contribution in [0.15, 0.2) is 30.3 Å². The van der Waals surface area contributed by atoms with Crippen LogP contribution in [0.5, 0.6) is 0 Å². The first kappa shape index (κ1) is 14.0. The Labute approximate surface area is 107 Å². The molecular formula is C13H18N2O3. The molecule has 0 aromatic heterocycles. The molecule has 0 heterocycles. The van der Waals surface area contributed by atoms with E-state index in [9.17, 15) is 9.59 Å². The fourth-order valence-corrected chi connectivity index (χ4v) is 1.39. The van der Waals surface area contributed by atoms with Crippen molar-refractivity contribution in [1.82, 2.24) is 10.2 Å². The summed E-state index contributed by atoms with van der Waals surface area (Å²) in [6, 6.07) is 8.76. The van der Waals surface area contributed by atoms with Gasteiger partial charge in [-0.05, 0) is 12.5 Å². The van der Waals surface area contributed by atoms with Crippen molar-refractivity contribution in [2.45, 2.75) is 19.6 Å². The lowest BCUT2D eigenvalue weighted by Gasteiger charge is -2.17. The van der Waals surface area contributed by atoms with Crippen molar-refractivity contribution < 1.29 is 14.3 Å². The third kappa shape index (κ3) is 4.45. The van der Waals surface area contributed by atoms with Crippen LogP contribution in [-0.4, -0.2) is 37.0 Å². The van der Waals surface area contributed by atoms with Crippen molar-refractivity contribution in [1.29, 1.82) is 0 Å². The van der Waals surface area contributed by atoms with Crippen LogP contribution in [0.25, 0.3) is 0 Å². The molecule has 0 bridgehead atoms. The van der Waals surface area contributed by atoms with Crippen molar-refractivity contribution in [3.05, 3.63) is 35.9 Å². The monoisotopic (exact) mass is 250 g/mol. The number of hydrogen-bond donors (Lipinski definition) is 1. The third-order valence-electron chi connectivity index (χ3n) is 2.36. The van der Waals surface area contributed by atoms with Crippen LogP contribution < -0.4 is 5.32 Å². The van der Waals surface area contributed by atoms with Crippen LogP contribution >= 0.6 is 0 Å². The van der Waals surface area contributed by atoms with Crippen LogP contribution in [0.3, 0.4) is 0 Å². The molecule has 0 aliphatic heterocycles. The van der Waals surface area contributed by atoms with Gasteiger partial charge in [0.25, 0.3) is 0 Å². The van der Waals surface area contributed by atoms with E-state index in [1.54, 1.807) is 21.0 Å². The molecule has 0 spiro atoms. The molecule has 1 atom stereocenters. The van der Waals surface area contributed by atoms with Crippen molar-refractivity contribution >= 4 is 12.0 Å². The van der Waals surface area contributed by atoms with Gasteiger partial charge in [-0.2, -0.15) is 0 Å². The van der Waals surface area contributed by atoms with Crippen molar-refractivity contribution in [3.8, 4) is 0 Å². The van der Waals surface area contributed by atoms with E-state index < -0.39 is 12.1 Å². The Morgan fingerprint density at radius 2 is 1.89 bits per heavy atom. The zero-order chi connectivity index (χ0) is 13.5. The van der Waals surface area contributed by atoms with Crippen LogP contribution in [0.1, 0.15) is 12.5 Å². The van der Waals surface area contributed by atoms with E-state index in [-0.39, 0.29) is 12.5 Å². The molecule has 0 radical (unpaired) electrons. The van der Waals surface area contributed by atoms with E-state index in [1.807, 2.05) is 30.3 Å². The van der Waals surface area contributed by atoms with Crippen LogP contribution in [0.4, 0.5) is 4.79 Å². The number of ether oxygens (including phenoxy) is 1. The number of amides is 2. The summed E-state index contributed by atoms with van der Waals surface area (Å²) in [7, 11) is 3.27. The molecule has 5 heteroatoms. The number of nitrogens with zero attached hydrogens (tertiary/aromatic N) is 1. The van der Waals surface area contributed by atoms with Gasteiger partial charge in [0.05, 0.1) is 0 Å². The zero-order valence-corrected chi connectivity index (χ0v) is 10.8. The van der Waals surface area contributed by atoms with Gasteiger partial charge < -0.3 is 15.0 Å². The highest BCUT2D eigenvalue weighted by Gasteiger charge is 2.17. The molecule has 0 saturated heterocycles. The normalized spacial score (nSPS) is 11.5. The van der Waals surface area contributed by atoms with Gasteiger partial charge in [0.2, 0.25) is 5.91 Å². The van der Waals surface area contributed by atoms with E-state index in [4.69, 9.17) is 4.74 Å². The topological polar surface area (TPSA) is 58.6 Å². The maximum Gasteiger partial charge on any atom is 0.408 e. The first-order chi connectivity index (χ1) is 8.50. The Morgan fingerprint density at radius 1 is 1.28 bits per heavy atom. The molecule has 0 aliphatic rings. The minimum absolute atomic E-state index is 0.174. The van der Waals surface area contributed by atoms with E-state index in [0.717, 1.165) is 5.56 Å². The minimum atomic E-state index is -0.596. The van der Waals surface area contributed by atoms with Gasteiger partial charge in [0, 0.05) is 14.1 Å². The summed E-state index contributed by atoms with van der Waals surface area (Å²) in [5, 5.41) is 2.48. The quantitative estimate of drug-likeness (QED) is 0.878. The van der Waals surface area contributed by atoms with Gasteiger partial charge in [0.1, 0.15) is 12.6 Å². The van der Waals surface area contributed by atoms with Crippen molar-refractivity contribution in [2.75, 3.05) is 14.1 Å². The average Bonchev–Trinajstić information content (AvgIpc) is 2.36. The summed E-state index contributed by atoms with van der Waals surface area (Å²) in [5.41, 5.74) is 0.902. The summed E-state index contributed by atoms with van der Waals surface area (Å²) in [6.45, 7) is 1.81. The lowest BCUT2D eigenvalue weighted by atomic mass is 10.2. The summed E-state index contributed by atoms with van der Waals surface area (Å²) in [5.74, 6) is -0.174. The molecule has 0 fully saturated rings. The first-order valence-electron chi connectivity index (χ1n) is 5.69. The van der Waals surface area contributed by atoms with Gasteiger partial charge in [-0.25, -0.2) is 4.79 Å². The third-order valence-corrected chi connectivity index (χ3v) is 2.36. The second-order valence-corrected chi connectivity index (χ2v) is 4.16. The number of rotatable bonds is 4. The van der Waals surface area contributed by atoms with Crippen LogP contribution in [-0.2, 0) is 16.1 Å². The molecule has 1 rings (SSSR count). The molecule has 0 aliphatic carbocycles. The second-order valence-electron chi connectivity index (χ2n) is 4.16. The van der Waals surface area contributed by atoms with Crippen molar-refractivity contribution in [3.63, 3.8) is 0 Å². The molecule has 18 heavy (non-hydrogen) atoms. The van der Waals surface area contributed by atoms with E-state index in [0.29, 0.717) is 0 Å². The zero-order valence-electron chi connectivity index (χ0n) is 10.8. The van der Waals surface area contributed by atoms with Gasteiger partial charge in [-0.1, -0.05) is 30.3 Å². The number of carbonyl (C=O) groups is 2. The fourth-order valence-electron chi connectivity index (χ4n) is 1.39. The van der Waals surface area contributed by atoms with E-state index >= 15 is 0 Å². The average molecular weight is 250 g/mol. The Hall–Kier alpha value is -2.04. The Morgan fingerprint density at radius 3 is 2.44 bits per heavy atom. The van der Waals surface area contributed by atoms with Gasteiger partial charge in [0.15, 0.2) is 0 Å². The number of alkyl carbamates (subject to hydrolysis) is 1. The highest BCUT2D eigenvalue weighted by atomic mass is 16.5. The Balaban J connectivity index is 2.36. The molecule has 1 N–H and O–H groups in total. The summed E-state index contributed by atoms with van der Waals surface area (Å²) >= 11 is 0. The lowest BCUT2D eigenvalue weighted by Crippen LogP contribution is -2.44. The van der Waals surface area contributed by atoms with Crippen LogP contribution in [0.2, 0.25) is 0 Å². The number of hydrogen-bond acceptors (Lipinski definition) is 3. The van der Waals surface area contributed by atoms with Crippen molar-refractivity contribution in [2.24, 2.45) is 0 Å². The SMILES string of the molecule is C[C@@H](NC(=O)OCc1ccccc1)C(=O)N(C)C. The molecule has 5 nitrogen and oxygen atoms in total. The lowest BCUT2D eigenvalue weighted by molar-refractivity contribution is -0.130. The molecular weight excluding hydrogens is 232 g/mol. The number of carbonyl (C=O) groups excluding carboxylic acids is 2. The summed E-state index contributed by atoms with van der Waals surface area (Å²) < 4.78 is 5.01. The number of nitrogens with one attached hydrogen (secondary N) is 1. The fraction of sp³-hybridized carbons (Fsp3) is 0.385.